The molecule has 0 spiro atoms. The van der Waals surface area contributed by atoms with Gasteiger partial charge in [0, 0.05) is 23.5 Å². The zero-order chi connectivity index (χ0) is 24.8. The maximum absolute atomic E-state index is 15.0. The Morgan fingerprint density at radius 2 is 2.00 bits per heavy atom. The lowest BCUT2D eigenvalue weighted by atomic mass is 9.85. The maximum Gasteiger partial charge on any atom is 0.201 e. The highest BCUT2D eigenvalue weighted by atomic mass is 19.2. The zero-order valence-corrected chi connectivity index (χ0v) is 19.7. The number of carbonyl (C=O) groups is 1. The van der Waals surface area contributed by atoms with E-state index in [0.29, 0.717) is 28.7 Å². The molecule has 0 amide bonds. The highest BCUT2D eigenvalue weighted by Crippen LogP contribution is 2.34. The largest absolute Gasteiger partial charge is 0.494 e. The van der Waals surface area contributed by atoms with Crippen LogP contribution < -0.4 is 4.74 Å². The molecule has 0 bridgehead atoms. The van der Waals surface area contributed by atoms with E-state index in [1.54, 1.807) is 25.2 Å². The molecule has 174 valence electrons. The summed E-state index contributed by atoms with van der Waals surface area (Å²) in [4.78, 5) is 11.2. The number of ether oxygens (including phenoxy) is 1. The van der Waals surface area contributed by atoms with Crippen LogP contribution >= 0.6 is 0 Å². The molecular weight excluding hydrogens is 430 g/mol. The summed E-state index contributed by atoms with van der Waals surface area (Å²) in [5.74, 6) is -2.18. The van der Waals surface area contributed by atoms with Crippen molar-refractivity contribution in [2.24, 2.45) is 11.8 Å². The summed E-state index contributed by atoms with van der Waals surface area (Å²) < 4.78 is 34.4. The first-order valence-corrected chi connectivity index (χ1v) is 11.0. The average Bonchev–Trinajstić information content (AvgIpc) is 2.79. The topological polar surface area (TPSA) is 26.3 Å². The fourth-order valence-electron chi connectivity index (χ4n) is 3.91. The smallest absolute Gasteiger partial charge is 0.201 e. The minimum atomic E-state index is -1.04. The third kappa shape index (κ3) is 5.59. The van der Waals surface area contributed by atoms with Crippen molar-refractivity contribution >= 4 is 11.9 Å². The molecule has 0 aliphatic heterocycles. The van der Waals surface area contributed by atoms with E-state index in [2.05, 4.69) is 25.0 Å². The second kappa shape index (κ2) is 10.9. The number of methoxy groups -OCH3 is 1. The zero-order valence-electron chi connectivity index (χ0n) is 19.7. The van der Waals surface area contributed by atoms with E-state index in [1.807, 2.05) is 31.2 Å². The summed E-state index contributed by atoms with van der Waals surface area (Å²) in [5.41, 5.74) is 7.85. The fourth-order valence-corrected chi connectivity index (χ4v) is 3.91. The fraction of sp³-hybridized carbons (Fsp3) is 0.200. The molecule has 0 radical (unpaired) electrons. The van der Waals surface area contributed by atoms with Crippen LogP contribution in [-0.2, 0) is 4.79 Å². The van der Waals surface area contributed by atoms with Crippen molar-refractivity contribution in [3.8, 4) is 5.75 Å². The number of allylic oxidation sites excluding steroid dienone is 13. The van der Waals surface area contributed by atoms with Crippen LogP contribution in [0.1, 0.15) is 25.8 Å². The highest BCUT2D eigenvalue weighted by molar-refractivity contribution is 5.85. The lowest BCUT2D eigenvalue weighted by Crippen LogP contribution is -2.12. The van der Waals surface area contributed by atoms with Gasteiger partial charge < -0.3 is 9.53 Å². The standard InChI is InChI=1S/C30H28F2O2/c1-19(2)14-27(26-12-13-28(34-5)30(32)29(26)31)24-9-7-6-8-23(21(4)16-24)17-22-10-11-25(18-33)20(3)15-22/h6-7,9-16,18,20,25H,1,4,17H2,2-3,5H3/b9-7-,24-16-,27-14+. The summed E-state index contributed by atoms with van der Waals surface area (Å²) >= 11 is 0. The van der Waals surface area contributed by atoms with Gasteiger partial charge in [-0.05, 0) is 59.4 Å². The summed E-state index contributed by atoms with van der Waals surface area (Å²) in [6.45, 7) is 11.9. The van der Waals surface area contributed by atoms with Crippen LogP contribution in [0.3, 0.4) is 0 Å². The molecule has 4 heteroatoms. The van der Waals surface area contributed by atoms with Crippen molar-refractivity contribution in [2.45, 2.75) is 20.3 Å². The minimum Gasteiger partial charge on any atom is -0.494 e. The third-order valence-electron chi connectivity index (χ3n) is 5.76. The van der Waals surface area contributed by atoms with Crippen molar-refractivity contribution in [2.75, 3.05) is 7.11 Å². The van der Waals surface area contributed by atoms with Gasteiger partial charge in [0.05, 0.1) is 7.11 Å². The van der Waals surface area contributed by atoms with Gasteiger partial charge in [-0.3, -0.25) is 0 Å². The molecule has 3 rings (SSSR count). The van der Waals surface area contributed by atoms with Crippen molar-refractivity contribution in [3.05, 3.63) is 125 Å². The number of benzene rings is 1. The molecule has 0 aromatic heterocycles. The summed E-state index contributed by atoms with van der Waals surface area (Å²) in [6, 6.07) is 2.90. The normalized spacial score (nSPS) is 22.7. The maximum atomic E-state index is 15.0. The Morgan fingerprint density at radius 3 is 2.65 bits per heavy atom. The van der Waals surface area contributed by atoms with Gasteiger partial charge in [0.15, 0.2) is 11.6 Å². The number of rotatable bonds is 7. The Kier molecular flexibility index (Phi) is 7.99. The minimum absolute atomic E-state index is 0.103. The SMILES string of the molecule is C=C(C)\C=C(C1=C\C(=C)C(CC2=CC(C)C(C=O)C=C2)=C=C/C=C\1)\c1ccc(OC)c(F)c1F. The summed E-state index contributed by atoms with van der Waals surface area (Å²) in [6.07, 6.45) is 16.5. The molecule has 1 aromatic rings. The Labute approximate surface area is 200 Å². The van der Waals surface area contributed by atoms with E-state index >= 15 is 4.39 Å². The number of carbonyl (C=O) groups excluding carboxylic acids is 1. The van der Waals surface area contributed by atoms with E-state index in [4.69, 9.17) is 4.74 Å². The molecule has 2 aliphatic rings. The van der Waals surface area contributed by atoms with Crippen molar-refractivity contribution in [1.29, 1.82) is 0 Å². The molecule has 0 saturated heterocycles. The highest BCUT2D eigenvalue weighted by Gasteiger charge is 2.20. The number of halogens is 2. The van der Waals surface area contributed by atoms with Crippen molar-refractivity contribution in [3.63, 3.8) is 0 Å². The molecule has 2 atom stereocenters. The van der Waals surface area contributed by atoms with Gasteiger partial charge in [-0.15, -0.1) is 5.73 Å². The quantitative estimate of drug-likeness (QED) is 0.242. The Hall–Kier alpha value is -3.75. The Bertz CT molecular complexity index is 1240. The van der Waals surface area contributed by atoms with E-state index in [1.165, 1.54) is 19.2 Å². The molecule has 1 aromatic carbocycles. The second-order valence-electron chi connectivity index (χ2n) is 8.47. The number of hydrogen-bond acceptors (Lipinski definition) is 2. The Morgan fingerprint density at radius 1 is 1.24 bits per heavy atom. The summed E-state index contributed by atoms with van der Waals surface area (Å²) in [5, 5.41) is 0. The molecular formula is C30H28F2O2. The molecule has 2 aliphatic carbocycles. The first-order valence-electron chi connectivity index (χ1n) is 11.0. The van der Waals surface area contributed by atoms with Crippen molar-refractivity contribution < 1.29 is 18.3 Å². The molecule has 34 heavy (non-hydrogen) atoms. The molecule has 2 unspecified atom stereocenters. The molecule has 2 nitrogen and oxygen atoms in total. The first-order chi connectivity index (χ1) is 16.2. The van der Waals surface area contributed by atoms with E-state index in [0.717, 1.165) is 17.4 Å². The van der Waals surface area contributed by atoms with Crippen LogP contribution in [0, 0.1) is 23.5 Å². The van der Waals surface area contributed by atoms with E-state index in [9.17, 15) is 9.18 Å². The van der Waals surface area contributed by atoms with Crippen LogP contribution in [0.5, 0.6) is 5.75 Å². The number of hydrogen-bond donors (Lipinski definition) is 0. The Balaban J connectivity index is 1.99. The van der Waals surface area contributed by atoms with Crippen LogP contribution in [0.4, 0.5) is 8.78 Å². The predicted octanol–water partition coefficient (Wildman–Crippen LogP) is 7.40. The van der Waals surface area contributed by atoms with Gasteiger partial charge >= 0.3 is 0 Å². The van der Waals surface area contributed by atoms with Gasteiger partial charge in [0.1, 0.15) is 6.29 Å². The number of aldehydes is 1. The van der Waals surface area contributed by atoms with Crippen molar-refractivity contribution in [1.82, 2.24) is 0 Å². The van der Waals surface area contributed by atoms with Gasteiger partial charge in [-0.25, -0.2) is 4.39 Å². The predicted molar refractivity (Wildman–Crippen MR) is 134 cm³/mol. The van der Waals surface area contributed by atoms with Crippen LogP contribution in [0.25, 0.3) is 5.57 Å². The van der Waals surface area contributed by atoms with Gasteiger partial charge in [0.25, 0.3) is 0 Å². The first kappa shape index (κ1) is 24.9. The summed E-state index contributed by atoms with van der Waals surface area (Å²) in [7, 11) is 1.29. The monoisotopic (exact) mass is 458 g/mol. The lowest BCUT2D eigenvalue weighted by molar-refractivity contribution is -0.110. The van der Waals surface area contributed by atoms with Crippen LogP contribution in [-0.4, -0.2) is 13.4 Å². The van der Waals surface area contributed by atoms with Gasteiger partial charge in [-0.1, -0.05) is 62.1 Å². The van der Waals surface area contributed by atoms with Gasteiger partial charge in [0.2, 0.25) is 5.82 Å². The van der Waals surface area contributed by atoms with Crippen LogP contribution in [0.2, 0.25) is 0 Å². The lowest BCUT2D eigenvalue weighted by Gasteiger charge is -2.19. The molecule has 0 N–H and O–H groups in total. The van der Waals surface area contributed by atoms with E-state index in [-0.39, 0.29) is 23.1 Å². The molecule has 0 saturated carbocycles. The van der Waals surface area contributed by atoms with Crippen LogP contribution in [0.15, 0.2) is 107 Å². The van der Waals surface area contributed by atoms with E-state index < -0.39 is 11.6 Å². The molecule has 0 heterocycles. The third-order valence-corrected chi connectivity index (χ3v) is 5.76. The van der Waals surface area contributed by atoms with Gasteiger partial charge in [-0.2, -0.15) is 4.39 Å². The second-order valence-corrected chi connectivity index (χ2v) is 8.47. The molecule has 0 fully saturated rings. The average molecular weight is 459 g/mol.